The van der Waals surface area contributed by atoms with Crippen LogP contribution in [0.2, 0.25) is 0 Å². The molecule has 1 aromatic carbocycles. The van der Waals surface area contributed by atoms with Gasteiger partial charge in [-0.1, -0.05) is 30.3 Å². The Morgan fingerprint density at radius 2 is 1.93 bits per heavy atom. The highest BCUT2D eigenvalue weighted by Crippen LogP contribution is 1.98. The van der Waals surface area contributed by atoms with Gasteiger partial charge in [-0.3, -0.25) is 15.9 Å². The quantitative estimate of drug-likeness (QED) is 0.539. The third-order valence-electron chi connectivity index (χ3n) is 1.69. The molecule has 4 nitrogen and oxygen atoms in total. The fourth-order valence-electron chi connectivity index (χ4n) is 1.05. The fraction of sp³-hybridized carbons (Fsp3) is 0.200. The predicted molar refractivity (Wildman–Crippen MR) is 54.0 cm³/mol. The number of hydrogen-bond donors (Lipinski definition) is 2. The van der Waals surface area contributed by atoms with E-state index in [1.807, 2.05) is 30.3 Å². The van der Waals surface area contributed by atoms with Crippen molar-refractivity contribution in [1.29, 1.82) is 5.41 Å². The molecule has 0 aliphatic heterocycles. The van der Waals surface area contributed by atoms with Crippen LogP contribution < -0.4 is 11.1 Å². The maximum atomic E-state index is 10.3. The van der Waals surface area contributed by atoms with Crippen LogP contribution in [0.15, 0.2) is 30.3 Å². The Balaban J connectivity index is 2.38. The van der Waals surface area contributed by atoms with Crippen molar-refractivity contribution in [2.75, 3.05) is 6.54 Å². The minimum absolute atomic E-state index is 0.0916. The van der Waals surface area contributed by atoms with Gasteiger partial charge in [-0.25, -0.2) is 0 Å². The summed E-state index contributed by atoms with van der Waals surface area (Å²) in [5.41, 5.74) is 7.67. The molecule has 1 rings (SSSR count). The van der Waals surface area contributed by atoms with Crippen molar-refractivity contribution in [3.8, 4) is 0 Å². The van der Waals surface area contributed by atoms with E-state index in [0.717, 1.165) is 5.56 Å². The first kappa shape index (κ1) is 10.2. The van der Waals surface area contributed by atoms with Crippen LogP contribution in [0.5, 0.6) is 0 Å². The lowest BCUT2D eigenvalue weighted by Crippen LogP contribution is -2.30. The largest absolute Gasteiger partial charge is 0.365 e. The number of carbonyl (C=O) groups is 1. The van der Waals surface area contributed by atoms with Gasteiger partial charge in [0.2, 0.25) is 0 Å². The Kier molecular flexibility index (Phi) is 3.67. The molecular formula is C10H12N3O. The van der Waals surface area contributed by atoms with Crippen LogP contribution in [-0.2, 0) is 11.2 Å². The number of hydrogen-bond acceptors (Lipinski definition) is 2. The molecule has 14 heavy (non-hydrogen) atoms. The highest BCUT2D eigenvalue weighted by atomic mass is 16.1. The van der Waals surface area contributed by atoms with E-state index >= 15 is 0 Å². The second-order valence-electron chi connectivity index (χ2n) is 2.92. The van der Waals surface area contributed by atoms with Crippen LogP contribution in [0.3, 0.4) is 0 Å². The van der Waals surface area contributed by atoms with Gasteiger partial charge < -0.3 is 5.32 Å². The van der Waals surface area contributed by atoms with E-state index in [9.17, 15) is 4.79 Å². The fourth-order valence-corrected chi connectivity index (χ4v) is 1.05. The number of nitrogens with one attached hydrogen (secondary N) is 3. The van der Waals surface area contributed by atoms with E-state index in [1.54, 1.807) is 0 Å². The normalized spacial score (nSPS) is 9.43. The Morgan fingerprint density at radius 3 is 2.50 bits per heavy atom. The number of rotatable bonds is 4. The van der Waals surface area contributed by atoms with Crippen molar-refractivity contribution in [3.05, 3.63) is 35.9 Å². The molecule has 0 atom stereocenters. The minimum Gasteiger partial charge on any atom is -0.365 e. The van der Waals surface area contributed by atoms with Crippen molar-refractivity contribution in [2.24, 2.45) is 0 Å². The lowest BCUT2D eigenvalue weighted by molar-refractivity contribution is -0.117. The molecule has 0 aliphatic carbocycles. The highest BCUT2D eigenvalue weighted by molar-refractivity contribution is 5.86. The van der Waals surface area contributed by atoms with Gasteiger partial charge in [0.1, 0.15) is 0 Å². The zero-order chi connectivity index (χ0) is 10.4. The zero-order valence-corrected chi connectivity index (χ0v) is 7.71. The summed E-state index contributed by atoms with van der Waals surface area (Å²) < 4.78 is 0. The lowest BCUT2D eigenvalue weighted by Gasteiger charge is -2.04. The van der Waals surface area contributed by atoms with Crippen LogP contribution in [-0.4, -0.2) is 18.3 Å². The molecule has 0 saturated heterocycles. The first-order valence-corrected chi connectivity index (χ1v) is 4.28. The van der Waals surface area contributed by atoms with E-state index in [-0.39, 0.29) is 12.4 Å². The van der Waals surface area contributed by atoms with Crippen LogP contribution in [0.25, 0.3) is 0 Å². The van der Waals surface area contributed by atoms with E-state index in [1.165, 1.54) is 0 Å². The van der Waals surface area contributed by atoms with E-state index in [4.69, 9.17) is 11.1 Å². The molecule has 0 saturated carbocycles. The number of amides is 1. The average Bonchev–Trinajstić information content (AvgIpc) is 2.16. The predicted octanol–water partition coefficient (Wildman–Crippen LogP) is 0.605. The SMILES string of the molecule is [NH]C(=O)CNC(=N)Cc1ccccc1. The van der Waals surface area contributed by atoms with Gasteiger partial charge >= 0.3 is 0 Å². The smallest absolute Gasteiger partial charge is 0.257 e. The lowest BCUT2D eigenvalue weighted by atomic mass is 10.1. The van der Waals surface area contributed by atoms with Gasteiger partial charge in [-0.2, -0.15) is 0 Å². The molecule has 0 unspecified atom stereocenters. The molecule has 1 aromatic rings. The van der Waals surface area contributed by atoms with Crippen LogP contribution in [0.1, 0.15) is 5.56 Å². The Labute approximate surface area is 82.6 Å². The Hall–Kier alpha value is -1.84. The van der Waals surface area contributed by atoms with Crippen LogP contribution >= 0.6 is 0 Å². The Morgan fingerprint density at radius 1 is 1.29 bits per heavy atom. The van der Waals surface area contributed by atoms with Gasteiger partial charge in [-0.05, 0) is 5.56 Å². The number of amidine groups is 1. The van der Waals surface area contributed by atoms with Gasteiger partial charge in [-0.15, -0.1) is 0 Å². The topological polar surface area (TPSA) is 76.8 Å². The first-order valence-electron chi connectivity index (χ1n) is 4.28. The maximum Gasteiger partial charge on any atom is 0.257 e. The number of benzene rings is 1. The summed E-state index contributed by atoms with van der Waals surface area (Å²) in [6.07, 6.45) is 0.466. The van der Waals surface area contributed by atoms with Gasteiger partial charge in [0.25, 0.3) is 5.91 Å². The molecule has 0 aliphatic rings. The second kappa shape index (κ2) is 5.01. The molecule has 4 heteroatoms. The van der Waals surface area contributed by atoms with E-state index in [0.29, 0.717) is 6.42 Å². The van der Waals surface area contributed by atoms with Crippen molar-refractivity contribution < 1.29 is 4.79 Å². The van der Waals surface area contributed by atoms with Crippen molar-refractivity contribution in [1.82, 2.24) is 11.1 Å². The van der Waals surface area contributed by atoms with Crippen molar-refractivity contribution in [3.63, 3.8) is 0 Å². The van der Waals surface area contributed by atoms with Gasteiger partial charge in [0, 0.05) is 6.42 Å². The van der Waals surface area contributed by atoms with Gasteiger partial charge in [0.05, 0.1) is 12.4 Å². The monoisotopic (exact) mass is 190 g/mol. The van der Waals surface area contributed by atoms with Crippen LogP contribution in [0, 0.1) is 5.41 Å². The molecule has 1 radical (unpaired) electrons. The molecule has 73 valence electrons. The summed E-state index contributed by atoms with van der Waals surface area (Å²) >= 11 is 0. The van der Waals surface area contributed by atoms with Gasteiger partial charge in [0.15, 0.2) is 0 Å². The molecule has 3 N–H and O–H groups in total. The zero-order valence-electron chi connectivity index (χ0n) is 7.71. The molecule has 1 amide bonds. The maximum absolute atomic E-state index is 10.3. The van der Waals surface area contributed by atoms with Crippen molar-refractivity contribution >= 4 is 11.7 Å². The molecule has 0 heterocycles. The summed E-state index contributed by atoms with van der Waals surface area (Å²) in [7, 11) is 0. The molecular weight excluding hydrogens is 178 g/mol. The summed E-state index contributed by atoms with van der Waals surface area (Å²) in [6, 6.07) is 9.54. The molecule has 0 bridgehead atoms. The highest BCUT2D eigenvalue weighted by Gasteiger charge is 2.00. The van der Waals surface area contributed by atoms with Crippen LogP contribution in [0.4, 0.5) is 0 Å². The van der Waals surface area contributed by atoms with E-state index in [2.05, 4.69) is 5.32 Å². The summed E-state index contributed by atoms with van der Waals surface area (Å²) in [5, 5.41) is 10.0. The van der Waals surface area contributed by atoms with E-state index < -0.39 is 5.91 Å². The summed E-state index contributed by atoms with van der Waals surface area (Å²) in [6.45, 7) is -0.0916. The number of carbonyl (C=O) groups excluding carboxylic acids is 1. The Bertz CT molecular complexity index is 321. The third-order valence-corrected chi connectivity index (χ3v) is 1.69. The summed E-state index contributed by atoms with van der Waals surface area (Å²) in [4.78, 5) is 10.3. The van der Waals surface area contributed by atoms with Crippen molar-refractivity contribution in [2.45, 2.75) is 6.42 Å². The second-order valence-corrected chi connectivity index (χ2v) is 2.92. The third kappa shape index (κ3) is 3.71. The molecule has 0 aromatic heterocycles. The average molecular weight is 190 g/mol. The minimum atomic E-state index is -0.706. The summed E-state index contributed by atoms with van der Waals surface area (Å²) in [5.74, 6) is -0.445. The molecule has 0 fully saturated rings. The first-order chi connectivity index (χ1) is 6.68. The molecule has 0 spiro atoms. The standard InChI is InChI=1S/C10H12N3O/c11-9(13-7-10(12)14)6-8-4-2-1-3-5-8/h1-5,12H,6-7H2,(H2,11,13).